The third-order valence-electron chi connectivity index (χ3n) is 3.96. The smallest absolute Gasteiger partial charge is 0.246 e. The lowest BCUT2D eigenvalue weighted by Gasteiger charge is -2.36. The zero-order valence-corrected chi connectivity index (χ0v) is 13.1. The molecule has 2 rings (SSSR count). The molecule has 1 heterocycles. The number of carbonyl (C=O) groups excluding carboxylic acids is 1. The molecule has 4 heteroatoms. The number of hydrogen-bond acceptors (Lipinski definition) is 2. The maximum absolute atomic E-state index is 12.6. The van der Waals surface area contributed by atoms with Crippen LogP contribution in [0.4, 0.5) is 0 Å². The van der Waals surface area contributed by atoms with Gasteiger partial charge in [0.2, 0.25) is 5.91 Å². The van der Waals surface area contributed by atoms with Crippen LogP contribution in [0.2, 0.25) is 0 Å². The van der Waals surface area contributed by atoms with E-state index < -0.39 is 5.54 Å². The van der Waals surface area contributed by atoms with Gasteiger partial charge in [-0.05, 0) is 43.4 Å². The standard InChI is InChI=1S/C15H21BrN2O/c1-11-7-9-18(10-8-11)14(19)15(2,17)12-3-5-13(16)6-4-12/h3-6,11H,7-10,17H2,1-2H3. The number of benzene rings is 1. The Balaban J connectivity index is 2.14. The highest BCUT2D eigenvalue weighted by molar-refractivity contribution is 9.10. The van der Waals surface area contributed by atoms with Crippen LogP contribution in [0.25, 0.3) is 0 Å². The number of piperidine rings is 1. The van der Waals surface area contributed by atoms with E-state index in [0.29, 0.717) is 5.92 Å². The van der Waals surface area contributed by atoms with Crippen molar-refractivity contribution in [3.05, 3.63) is 34.3 Å². The minimum Gasteiger partial charge on any atom is -0.341 e. The quantitative estimate of drug-likeness (QED) is 0.909. The molecule has 1 saturated heterocycles. The van der Waals surface area contributed by atoms with Crippen molar-refractivity contribution in [3.63, 3.8) is 0 Å². The number of nitrogens with zero attached hydrogens (tertiary/aromatic N) is 1. The fourth-order valence-corrected chi connectivity index (χ4v) is 2.72. The van der Waals surface area contributed by atoms with E-state index in [-0.39, 0.29) is 5.91 Å². The molecule has 1 aromatic rings. The van der Waals surface area contributed by atoms with Gasteiger partial charge in [-0.15, -0.1) is 0 Å². The van der Waals surface area contributed by atoms with Gasteiger partial charge in [0, 0.05) is 17.6 Å². The highest BCUT2D eigenvalue weighted by Crippen LogP contribution is 2.25. The molecule has 3 nitrogen and oxygen atoms in total. The van der Waals surface area contributed by atoms with Crippen LogP contribution >= 0.6 is 15.9 Å². The molecule has 0 aliphatic carbocycles. The molecule has 104 valence electrons. The Kier molecular flexibility index (Phi) is 4.31. The first-order valence-corrected chi connectivity index (χ1v) is 7.55. The largest absolute Gasteiger partial charge is 0.341 e. The van der Waals surface area contributed by atoms with Gasteiger partial charge in [0.05, 0.1) is 0 Å². The molecule has 0 saturated carbocycles. The van der Waals surface area contributed by atoms with Crippen molar-refractivity contribution in [2.45, 2.75) is 32.2 Å². The summed E-state index contributed by atoms with van der Waals surface area (Å²) in [5, 5.41) is 0. The third kappa shape index (κ3) is 3.18. The number of hydrogen-bond donors (Lipinski definition) is 1. The summed E-state index contributed by atoms with van der Waals surface area (Å²) < 4.78 is 0.992. The SMILES string of the molecule is CC1CCN(C(=O)C(C)(N)c2ccc(Br)cc2)CC1. The van der Waals surface area contributed by atoms with Crippen LogP contribution in [0, 0.1) is 5.92 Å². The summed E-state index contributed by atoms with van der Waals surface area (Å²) in [6, 6.07) is 7.67. The van der Waals surface area contributed by atoms with Crippen LogP contribution in [-0.2, 0) is 10.3 Å². The van der Waals surface area contributed by atoms with Crippen molar-refractivity contribution in [3.8, 4) is 0 Å². The number of halogens is 1. The van der Waals surface area contributed by atoms with Gasteiger partial charge >= 0.3 is 0 Å². The zero-order valence-electron chi connectivity index (χ0n) is 11.5. The monoisotopic (exact) mass is 324 g/mol. The van der Waals surface area contributed by atoms with Crippen molar-refractivity contribution >= 4 is 21.8 Å². The molecule has 0 radical (unpaired) electrons. The Bertz CT molecular complexity index is 448. The lowest BCUT2D eigenvalue weighted by molar-refractivity contribution is -0.138. The molecule has 1 aliphatic heterocycles. The van der Waals surface area contributed by atoms with Crippen LogP contribution in [0.1, 0.15) is 32.3 Å². The molecule has 1 amide bonds. The molecular weight excluding hydrogens is 304 g/mol. The van der Waals surface area contributed by atoms with Gasteiger partial charge < -0.3 is 10.6 Å². The average molecular weight is 325 g/mol. The normalized spacial score (nSPS) is 20.1. The van der Waals surface area contributed by atoms with Gasteiger partial charge in [0.1, 0.15) is 5.54 Å². The van der Waals surface area contributed by atoms with E-state index in [4.69, 9.17) is 5.73 Å². The Morgan fingerprint density at radius 1 is 1.32 bits per heavy atom. The first kappa shape index (κ1) is 14.5. The highest BCUT2D eigenvalue weighted by Gasteiger charge is 2.35. The van der Waals surface area contributed by atoms with Crippen LogP contribution in [0.15, 0.2) is 28.7 Å². The number of carbonyl (C=O) groups is 1. The molecular formula is C15H21BrN2O. The van der Waals surface area contributed by atoms with E-state index in [9.17, 15) is 4.79 Å². The van der Waals surface area contributed by atoms with Gasteiger partial charge in [0.25, 0.3) is 0 Å². The van der Waals surface area contributed by atoms with E-state index in [2.05, 4.69) is 22.9 Å². The fourth-order valence-electron chi connectivity index (χ4n) is 2.46. The molecule has 1 unspecified atom stereocenters. The van der Waals surface area contributed by atoms with Crippen molar-refractivity contribution in [2.24, 2.45) is 11.7 Å². The summed E-state index contributed by atoms with van der Waals surface area (Å²) in [7, 11) is 0. The summed E-state index contributed by atoms with van der Waals surface area (Å²) in [4.78, 5) is 14.5. The van der Waals surface area contributed by atoms with Gasteiger partial charge in [0.15, 0.2) is 0 Å². The number of rotatable bonds is 2. The second kappa shape index (κ2) is 5.63. The summed E-state index contributed by atoms with van der Waals surface area (Å²) in [5.74, 6) is 0.738. The summed E-state index contributed by atoms with van der Waals surface area (Å²) >= 11 is 3.40. The maximum Gasteiger partial charge on any atom is 0.246 e. The molecule has 0 aromatic heterocycles. The van der Waals surface area contributed by atoms with E-state index in [1.54, 1.807) is 6.92 Å². The van der Waals surface area contributed by atoms with Gasteiger partial charge in [-0.1, -0.05) is 35.0 Å². The summed E-state index contributed by atoms with van der Waals surface area (Å²) in [6.45, 7) is 5.68. The average Bonchev–Trinajstić information content (AvgIpc) is 2.39. The molecule has 1 fully saturated rings. The predicted molar refractivity (Wildman–Crippen MR) is 80.7 cm³/mol. The van der Waals surface area contributed by atoms with Gasteiger partial charge in [-0.25, -0.2) is 0 Å². The second-order valence-corrected chi connectivity index (χ2v) is 6.60. The predicted octanol–water partition coefficient (Wildman–Crippen LogP) is 2.88. The van der Waals surface area contributed by atoms with Crippen LogP contribution in [-0.4, -0.2) is 23.9 Å². The van der Waals surface area contributed by atoms with E-state index in [1.807, 2.05) is 29.2 Å². The van der Waals surface area contributed by atoms with E-state index in [1.165, 1.54) is 0 Å². The fraction of sp³-hybridized carbons (Fsp3) is 0.533. The third-order valence-corrected chi connectivity index (χ3v) is 4.49. The van der Waals surface area contributed by atoms with E-state index >= 15 is 0 Å². The van der Waals surface area contributed by atoms with Crippen molar-refractivity contribution < 1.29 is 4.79 Å². The Morgan fingerprint density at radius 3 is 2.37 bits per heavy atom. The molecule has 0 bridgehead atoms. The van der Waals surface area contributed by atoms with Crippen LogP contribution < -0.4 is 5.73 Å². The molecule has 0 spiro atoms. The maximum atomic E-state index is 12.6. The van der Waals surface area contributed by atoms with Crippen molar-refractivity contribution in [2.75, 3.05) is 13.1 Å². The van der Waals surface area contributed by atoms with Crippen LogP contribution in [0.5, 0.6) is 0 Å². The van der Waals surface area contributed by atoms with Gasteiger partial charge in [-0.2, -0.15) is 0 Å². The molecule has 2 N–H and O–H groups in total. The highest BCUT2D eigenvalue weighted by atomic mass is 79.9. The molecule has 1 aromatic carbocycles. The lowest BCUT2D eigenvalue weighted by Crippen LogP contribution is -2.52. The van der Waals surface area contributed by atoms with Crippen LogP contribution in [0.3, 0.4) is 0 Å². The summed E-state index contributed by atoms with van der Waals surface area (Å²) in [5.41, 5.74) is 6.21. The first-order valence-electron chi connectivity index (χ1n) is 6.75. The van der Waals surface area contributed by atoms with E-state index in [0.717, 1.165) is 36.0 Å². The number of nitrogens with two attached hydrogens (primary N) is 1. The topological polar surface area (TPSA) is 46.3 Å². The lowest BCUT2D eigenvalue weighted by atomic mass is 9.90. The molecule has 1 aliphatic rings. The Labute approximate surface area is 123 Å². The second-order valence-electron chi connectivity index (χ2n) is 5.68. The number of likely N-dealkylation sites (tertiary alicyclic amines) is 1. The molecule has 19 heavy (non-hydrogen) atoms. The zero-order chi connectivity index (χ0) is 14.0. The minimum atomic E-state index is -0.943. The first-order chi connectivity index (χ1) is 8.91. The van der Waals surface area contributed by atoms with Crippen molar-refractivity contribution in [1.29, 1.82) is 0 Å². The minimum absolute atomic E-state index is 0.0294. The van der Waals surface area contributed by atoms with Crippen molar-refractivity contribution in [1.82, 2.24) is 4.90 Å². The summed E-state index contributed by atoms with van der Waals surface area (Å²) in [6.07, 6.45) is 2.14. The molecule has 1 atom stereocenters. The Morgan fingerprint density at radius 2 is 1.84 bits per heavy atom. The van der Waals surface area contributed by atoms with Gasteiger partial charge in [-0.3, -0.25) is 4.79 Å². The number of amides is 1. The Hall–Kier alpha value is -0.870.